The topological polar surface area (TPSA) is 64.4 Å². The van der Waals surface area contributed by atoms with E-state index in [-0.39, 0.29) is 18.1 Å². The van der Waals surface area contributed by atoms with Gasteiger partial charge in [-0.05, 0) is 30.7 Å². The molecule has 0 saturated carbocycles. The Balaban J connectivity index is 1.88. The molecule has 0 radical (unpaired) electrons. The molecule has 21 heavy (non-hydrogen) atoms. The second-order valence-electron chi connectivity index (χ2n) is 4.56. The van der Waals surface area contributed by atoms with E-state index in [1.165, 1.54) is 12.1 Å². The van der Waals surface area contributed by atoms with Crippen LogP contribution < -0.4 is 5.32 Å². The molecule has 1 aromatic carbocycles. The lowest BCUT2D eigenvalue weighted by Gasteiger charge is -2.02. The maximum absolute atomic E-state index is 12.8. The van der Waals surface area contributed by atoms with E-state index in [1.54, 1.807) is 25.3 Å². The number of ether oxygens (including phenoxy) is 1. The van der Waals surface area contributed by atoms with E-state index in [4.69, 9.17) is 9.26 Å². The summed E-state index contributed by atoms with van der Waals surface area (Å²) in [6.07, 6.45) is 0.916. The van der Waals surface area contributed by atoms with Crippen LogP contribution in [0.15, 0.2) is 34.9 Å². The summed E-state index contributed by atoms with van der Waals surface area (Å²) in [5.74, 6) is 0.0798. The van der Waals surface area contributed by atoms with E-state index in [0.29, 0.717) is 24.6 Å². The maximum Gasteiger partial charge on any atom is 0.226 e. The molecular formula is C15H17FN2O3. The maximum atomic E-state index is 12.8. The lowest BCUT2D eigenvalue weighted by atomic mass is 10.1. The molecule has 1 heterocycles. The third-order valence-electron chi connectivity index (χ3n) is 2.88. The van der Waals surface area contributed by atoms with Gasteiger partial charge in [-0.15, -0.1) is 0 Å². The van der Waals surface area contributed by atoms with Crippen molar-refractivity contribution in [3.05, 3.63) is 41.8 Å². The SMILES string of the molecule is COCCCNC(=O)Cc1cc(-c2ccc(F)cc2)on1. The molecule has 0 aliphatic rings. The van der Waals surface area contributed by atoms with E-state index in [0.717, 1.165) is 12.0 Å². The highest BCUT2D eigenvalue weighted by Gasteiger charge is 2.10. The highest BCUT2D eigenvalue weighted by atomic mass is 19.1. The van der Waals surface area contributed by atoms with E-state index in [2.05, 4.69) is 10.5 Å². The number of carbonyl (C=O) groups is 1. The van der Waals surface area contributed by atoms with Crippen LogP contribution in [0.3, 0.4) is 0 Å². The van der Waals surface area contributed by atoms with Gasteiger partial charge in [0.25, 0.3) is 0 Å². The third-order valence-corrected chi connectivity index (χ3v) is 2.88. The van der Waals surface area contributed by atoms with Crippen LogP contribution in [0, 0.1) is 5.82 Å². The van der Waals surface area contributed by atoms with Gasteiger partial charge in [-0.3, -0.25) is 4.79 Å². The summed E-state index contributed by atoms with van der Waals surface area (Å²) >= 11 is 0. The van der Waals surface area contributed by atoms with Crippen LogP contribution in [0.2, 0.25) is 0 Å². The van der Waals surface area contributed by atoms with Crippen LogP contribution in [-0.4, -0.2) is 31.3 Å². The lowest BCUT2D eigenvalue weighted by Crippen LogP contribution is -2.26. The fraction of sp³-hybridized carbons (Fsp3) is 0.333. The van der Waals surface area contributed by atoms with Crippen LogP contribution in [0.4, 0.5) is 4.39 Å². The van der Waals surface area contributed by atoms with Crippen LogP contribution >= 0.6 is 0 Å². The number of hydrogen-bond donors (Lipinski definition) is 1. The van der Waals surface area contributed by atoms with Gasteiger partial charge in [0.05, 0.1) is 12.1 Å². The predicted octanol–water partition coefficient (Wildman–Crippen LogP) is 2.18. The molecule has 0 aliphatic carbocycles. The summed E-state index contributed by atoms with van der Waals surface area (Å²) < 4.78 is 22.9. The summed E-state index contributed by atoms with van der Waals surface area (Å²) in [7, 11) is 1.62. The first-order valence-corrected chi connectivity index (χ1v) is 6.66. The molecule has 0 atom stereocenters. The molecule has 2 aromatic rings. The molecule has 1 N–H and O–H groups in total. The molecule has 1 amide bonds. The van der Waals surface area contributed by atoms with Gasteiger partial charge in [0, 0.05) is 31.9 Å². The van der Waals surface area contributed by atoms with Crippen molar-refractivity contribution in [3.8, 4) is 11.3 Å². The van der Waals surface area contributed by atoms with Crippen molar-refractivity contribution in [3.63, 3.8) is 0 Å². The molecule has 5 nitrogen and oxygen atoms in total. The Morgan fingerprint density at radius 1 is 1.38 bits per heavy atom. The number of amides is 1. The third kappa shape index (κ3) is 4.68. The standard InChI is InChI=1S/C15H17FN2O3/c1-20-8-2-7-17-15(19)10-13-9-14(21-18-13)11-3-5-12(16)6-4-11/h3-6,9H,2,7-8,10H2,1H3,(H,17,19). The normalized spacial score (nSPS) is 10.6. The fourth-order valence-electron chi connectivity index (χ4n) is 1.82. The van der Waals surface area contributed by atoms with Crippen molar-refractivity contribution < 1.29 is 18.4 Å². The van der Waals surface area contributed by atoms with Crippen molar-refractivity contribution in [1.29, 1.82) is 0 Å². The number of rotatable bonds is 7. The zero-order valence-electron chi connectivity index (χ0n) is 11.8. The molecular weight excluding hydrogens is 275 g/mol. The number of carbonyl (C=O) groups excluding carboxylic acids is 1. The number of hydrogen-bond acceptors (Lipinski definition) is 4. The van der Waals surface area contributed by atoms with Crippen molar-refractivity contribution in [2.45, 2.75) is 12.8 Å². The van der Waals surface area contributed by atoms with E-state index >= 15 is 0 Å². The van der Waals surface area contributed by atoms with Crippen molar-refractivity contribution in [2.24, 2.45) is 0 Å². The molecule has 1 aromatic heterocycles. The molecule has 0 saturated heterocycles. The number of benzene rings is 1. The highest BCUT2D eigenvalue weighted by Crippen LogP contribution is 2.20. The van der Waals surface area contributed by atoms with Crippen molar-refractivity contribution in [1.82, 2.24) is 10.5 Å². The first-order valence-electron chi connectivity index (χ1n) is 6.66. The van der Waals surface area contributed by atoms with Gasteiger partial charge in [-0.2, -0.15) is 0 Å². The van der Waals surface area contributed by atoms with E-state index < -0.39 is 0 Å². The molecule has 0 fully saturated rings. The molecule has 0 aliphatic heterocycles. The Kier molecular flexibility index (Phi) is 5.45. The van der Waals surface area contributed by atoms with Crippen LogP contribution in [0.5, 0.6) is 0 Å². The largest absolute Gasteiger partial charge is 0.385 e. The minimum Gasteiger partial charge on any atom is -0.385 e. The first-order chi connectivity index (χ1) is 10.2. The molecule has 6 heteroatoms. The zero-order valence-corrected chi connectivity index (χ0v) is 11.8. The van der Waals surface area contributed by atoms with Crippen LogP contribution in [-0.2, 0) is 16.0 Å². The van der Waals surface area contributed by atoms with Crippen LogP contribution in [0.1, 0.15) is 12.1 Å². The van der Waals surface area contributed by atoms with Crippen molar-refractivity contribution in [2.75, 3.05) is 20.3 Å². The summed E-state index contributed by atoms with van der Waals surface area (Å²) in [6, 6.07) is 7.58. The van der Waals surface area contributed by atoms with Crippen LogP contribution in [0.25, 0.3) is 11.3 Å². The molecule has 112 valence electrons. The summed E-state index contributed by atoms with van der Waals surface area (Å²) in [4.78, 5) is 11.7. The average Bonchev–Trinajstić information content (AvgIpc) is 2.93. The Bertz CT molecular complexity index is 581. The second kappa shape index (κ2) is 7.54. The summed E-state index contributed by atoms with van der Waals surface area (Å²) in [5, 5.41) is 6.62. The highest BCUT2D eigenvalue weighted by molar-refractivity contribution is 5.78. The van der Waals surface area contributed by atoms with E-state index in [9.17, 15) is 9.18 Å². The number of methoxy groups -OCH3 is 1. The average molecular weight is 292 g/mol. The zero-order chi connectivity index (χ0) is 15.1. The van der Waals surface area contributed by atoms with E-state index in [1.807, 2.05) is 0 Å². The minimum atomic E-state index is -0.311. The summed E-state index contributed by atoms with van der Waals surface area (Å²) in [6.45, 7) is 1.17. The smallest absolute Gasteiger partial charge is 0.226 e. The predicted molar refractivity (Wildman–Crippen MR) is 75.1 cm³/mol. The number of aromatic nitrogens is 1. The Hall–Kier alpha value is -2.21. The van der Waals surface area contributed by atoms with Crippen molar-refractivity contribution >= 4 is 5.91 Å². The lowest BCUT2D eigenvalue weighted by molar-refractivity contribution is -0.120. The Labute approximate surface area is 122 Å². The first kappa shape index (κ1) is 15.2. The Morgan fingerprint density at radius 3 is 2.86 bits per heavy atom. The van der Waals surface area contributed by atoms with Gasteiger partial charge >= 0.3 is 0 Å². The van der Waals surface area contributed by atoms with Gasteiger partial charge in [0.2, 0.25) is 5.91 Å². The Morgan fingerprint density at radius 2 is 2.14 bits per heavy atom. The number of nitrogens with zero attached hydrogens (tertiary/aromatic N) is 1. The monoisotopic (exact) mass is 292 g/mol. The second-order valence-corrected chi connectivity index (χ2v) is 4.56. The quantitative estimate of drug-likeness (QED) is 0.794. The summed E-state index contributed by atoms with van der Waals surface area (Å²) in [5.41, 5.74) is 1.26. The molecule has 0 unspecified atom stereocenters. The fourth-order valence-corrected chi connectivity index (χ4v) is 1.82. The van der Waals surface area contributed by atoms with Gasteiger partial charge < -0.3 is 14.6 Å². The number of halogens is 1. The molecule has 2 rings (SSSR count). The van der Waals surface area contributed by atoms with Gasteiger partial charge in [0.15, 0.2) is 5.76 Å². The van der Waals surface area contributed by atoms with Gasteiger partial charge in [-0.1, -0.05) is 5.16 Å². The van der Waals surface area contributed by atoms with Gasteiger partial charge in [-0.25, -0.2) is 4.39 Å². The molecule has 0 spiro atoms. The number of nitrogens with one attached hydrogen (secondary N) is 1. The molecule has 0 bridgehead atoms. The minimum absolute atomic E-state index is 0.120. The van der Waals surface area contributed by atoms with Gasteiger partial charge in [0.1, 0.15) is 5.82 Å².